The van der Waals surface area contributed by atoms with E-state index in [0.717, 1.165) is 19.4 Å². The lowest BCUT2D eigenvalue weighted by Gasteiger charge is -2.21. The molecule has 0 fully saturated rings. The highest BCUT2D eigenvalue weighted by Gasteiger charge is 2.15. The van der Waals surface area contributed by atoms with Crippen LogP contribution in [0, 0.1) is 0 Å². The maximum Gasteiger partial charge on any atom is 0.0785 e. The van der Waals surface area contributed by atoms with Gasteiger partial charge in [0.05, 0.1) is 17.8 Å². The molecule has 14 heavy (non-hydrogen) atoms. The minimum atomic E-state index is -0.489. The molecule has 0 aliphatic carbocycles. The van der Waals surface area contributed by atoms with Crippen molar-refractivity contribution in [1.29, 1.82) is 0 Å². The zero-order valence-corrected chi connectivity index (χ0v) is 9.04. The number of aliphatic hydroxyl groups is 1. The van der Waals surface area contributed by atoms with Crippen LogP contribution in [0.1, 0.15) is 19.8 Å². The fourth-order valence-corrected chi connectivity index (χ4v) is 1.34. The van der Waals surface area contributed by atoms with Crippen LogP contribution < -0.4 is 5.73 Å². The Morgan fingerprint density at radius 1 is 1.71 bits per heavy atom. The Morgan fingerprint density at radius 3 is 2.93 bits per heavy atom. The van der Waals surface area contributed by atoms with Gasteiger partial charge in [0.2, 0.25) is 0 Å². The van der Waals surface area contributed by atoms with Gasteiger partial charge in [0.1, 0.15) is 0 Å². The summed E-state index contributed by atoms with van der Waals surface area (Å²) < 4.78 is 1.77. The van der Waals surface area contributed by atoms with Gasteiger partial charge in [-0.1, -0.05) is 11.6 Å². The first-order valence-electron chi connectivity index (χ1n) is 4.61. The van der Waals surface area contributed by atoms with Crippen molar-refractivity contribution in [3.8, 4) is 0 Å². The van der Waals surface area contributed by atoms with E-state index in [2.05, 4.69) is 5.10 Å². The zero-order chi connectivity index (χ0) is 10.6. The molecule has 0 saturated carbocycles. The van der Waals surface area contributed by atoms with Crippen LogP contribution in [-0.2, 0) is 6.54 Å². The summed E-state index contributed by atoms with van der Waals surface area (Å²) in [7, 11) is 0. The van der Waals surface area contributed by atoms with Crippen LogP contribution in [0.25, 0.3) is 0 Å². The highest BCUT2D eigenvalue weighted by molar-refractivity contribution is 6.30. The summed E-state index contributed by atoms with van der Waals surface area (Å²) >= 11 is 5.71. The summed E-state index contributed by atoms with van der Waals surface area (Å²) in [6.45, 7) is 2.62. The minimum absolute atomic E-state index is 0.00681. The van der Waals surface area contributed by atoms with Crippen molar-refractivity contribution >= 4 is 11.6 Å². The lowest BCUT2D eigenvalue weighted by Crippen LogP contribution is -2.40. The molecule has 0 bridgehead atoms. The second kappa shape index (κ2) is 4.77. The standard InChI is InChI=1S/C9H16ClN3O/c1-9(11,7-14)3-2-4-13-6-8(10)5-12-13/h5-6,14H,2-4,7,11H2,1H3. The normalized spacial score (nSPS) is 15.4. The van der Waals surface area contributed by atoms with Gasteiger partial charge in [-0.25, -0.2) is 0 Å². The molecule has 0 saturated heterocycles. The van der Waals surface area contributed by atoms with Crippen molar-refractivity contribution in [2.75, 3.05) is 6.61 Å². The third-order valence-electron chi connectivity index (χ3n) is 2.10. The molecule has 1 atom stereocenters. The average Bonchev–Trinajstić information content (AvgIpc) is 2.51. The van der Waals surface area contributed by atoms with E-state index in [1.54, 1.807) is 17.1 Å². The molecule has 1 aromatic heterocycles. The number of hydrogen-bond acceptors (Lipinski definition) is 3. The molecule has 1 heterocycles. The molecule has 4 nitrogen and oxygen atoms in total. The largest absolute Gasteiger partial charge is 0.394 e. The van der Waals surface area contributed by atoms with Crippen molar-refractivity contribution < 1.29 is 5.11 Å². The summed E-state index contributed by atoms with van der Waals surface area (Å²) in [6, 6.07) is 0. The monoisotopic (exact) mass is 217 g/mol. The van der Waals surface area contributed by atoms with Crippen LogP contribution in [0.4, 0.5) is 0 Å². The molecule has 0 aromatic carbocycles. The van der Waals surface area contributed by atoms with Gasteiger partial charge in [-0.15, -0.1) is 0 Å². The SMILES string of the molecule is CC(N)(CO)CCCn1cc(Cl)cn1. The van der Waals surface area contributed by atoms with Crippen molar-refractivity contribution in [3.63, 3.8) is 0 Å². The van der Waals surface area contributed by atoms with E-state index in [1.165, 1.54) is 0 Å². The van der Waals surface area contributed by atoms with E-state index in [4.69, 9.17) is 22.4 Å². The number of aromatic nitrogens is 2. The molecule has 80 valence electrons. The Hall–Kier alpha value is -0.580. The number of hydrogen-bond donors (Lipinski definition) is 2. The van der Waals surface area contributed by atoms with Crippen LogP contribution in [0.2, 0.25) is 5.02 Å². The fraction of sp³-hybridized carbons (Fsp3) is 0.667. The molecule has 1 rings (SSSR count). The zero-order valence-electron chi connectivity index (χ0n) is 8.28. The van der Waals surface area contributed by atoms with Gasteiger partial charge < -0.3 is 10.8 Å². The highest BCUT2D eigenvalue weighted by atomic mass is 35.5. The first-order valence-corrected chi connectivity index (χ1v) is 4.99. The molecule has 0 radical (unpaired) electrons. The van der Waals surface area contributed by atoms with Gasteiger partial charge >= 0.3 is 0 Å². The van der Waals surface area contributed by atoms with Crippen molar-refractivity contribution in [1.82, 2.24) is 9.78 Å². The molecular weight excluding hydrogens is 202 g/mol. The lowest BCUT2D eigenvalue weighted by molar-refractivity contribution is 0.196. The van der Waals surface area contributed by atoms with Gasteiger partial charge in [0, 0.05) is 18.3 Å². The summed E-state index contributed by atoms with van der Waals surface area (Å²) in [4.78, 5) is 0. The number of rotatable bonds is 5. The second-order valence-electron chi connectivity index (χ2n) is 3.84. The number of nitrogens with two attached hydrogens (primary N) is 1. The van der Waals surface area contributed by atoms with Crippen LogP contribution in [-0.4, -0.2) is 27.0 Å². The summed E-state index contributed by atoms with van der Waals surface area (Å²) in [5.41, 5.74) is 5.29. The van der Waals surface area contributed by atoms with E-state index in [1.807, 2.05) is 6.92 Å². The predicted octanol–water partition coefficient (Wildman–Crippen LogP) is 1.03. The first kappa shape index (κ1) is 11.5. The molecule has 5 heteroatoms. The van der Waals surface area contributed by atoms with Crippen LogP contribution in [0.15, 0.2) is 12.4 Å². The third kappa shape index (κ3) is 3.65. The van der Waals surface area contributed by atoms with E-state index >= 15 is 0 Å². The Bertz CT molecular complexity index is 285. The van der Waals surface area contributed by atoms with E-state index in [0.29, 0.717) is 5.02 Å². The average molecular weight is 218 g/mol. The maximum atomic E-state index is 8.93. The van der Waals surface area contributed by atoms with Crippen LogP contribution >= 0.6 is 11.6 Å². The van der Waals surface area contributed by atoms with Gasteiger partial charge in [0.15, 0.2) is 0 Å². The third-order valence-corrected chi connectivity index (χ3v) is 2.29. The Balaban J connectivity index is 2.28. The summed E-state index contributed by atoms with van der Waals surface area (Å²) in [5.74, 6) is 0. The first-order chi connectivity index (χ1) is 6.53. The molecule has 0 spiro atoms. The Morgan fingerprint density at radius 2 is 2.43 bits per heavy atom. The number of aliphatic hydroxyl groups excluding tert-OH is 1. The minimum Gasteiger partial charge on any atom is -0.394 e. The Kier molecular flexibility index (Phi) is 3.92. The summed E-state index contributed by atoms with van der Waals surface area (Å²) in [6.07, 6.45) is 5.02. The number of halogens is 1. The molecule has 0 aliphatic heterocycles. The van der Waals surface area contributed by atoms with Crippen molar-refractivity contribution in [2.24, 2.45) is 5.73 Å². The van der Waals surface area contributed by atoms with E-state index < -0.39 is 5.54 Å². The maximum absolute atomic E-state index is 8.93. The molecular formula is C9H16ClN3O. The smallest absolute Gasteiger partial charge is 0.0785 e. The lowest BCUT2D eigenvalue weighted by atomic mass is 9.99. The molecule has 0 aliphatic rings. The van der Waals surface area contributed by atoms with E-state index in [9.17, 15) is 0 Å². The Labute approximate surface area is 88.7 Å². The molecule has 3 N–H and O–H groups in total. The van der Waals surface area contributed by atoms with E-state index in [-0.39, 0.29) is 6.61 Å². The predicted molar refractivity (Wildman–Crippen MR) is 56.1 cm³/mol. The van der Waals surface area contributed by atoms with Gasteiger partial charge in [-0.05, 0) is 19.8 Å². The van der Waals surface area contributed by atoms with Crippen molar-refractivity contribution in [2.45, 2.75) is 31.8 Å². The van der Waals surface area contributed by atoms with Gasteiger partial charge in [-0.2, -0.15) is 5.10 Å². The number of aryl methyl sites for hydroxylation is 1. The van der Waals surface area contributed by atoms with Crippen LogP contribution in [0.5, 0.6) is 0 Å². The highest BCUT2D eigenvalue weighted by Crippen LogP contribution is 2.10. The second-order valence-corrected chi connectivity index (χ2v) is 4.27. The number of nitrogens with zero attached hydrogens (tertiary/aromatic N) is 2. The molecule has 1 aromatic rings. The molecule has 1 unspecified atom stereocenters. The van der Waals surface area contributed by atoms with Crippen molar-refractivity contribution in [3.05, 3.63) is 17.4 Å². The van der Waals surface area contributed by atoms with Crippen LogP contribution in [0.3, 0.4) is 0 Å². The quantitative estimate of drug-likeness (QED) is 0.774. The fourth-order valence-electron chi connectivity index (χ4n) is 1.18. The topological polar surface area (TPSA) is 64.1 Å². The van der Waals surface area contributed by atoms with Gasteiger partial charge in [0.25, 0.3) is 0 Å². The molecule has 0 amide bonds. The van der Waals surface area contributed by atoms with Gasteiger partial charge in [-0.3, -0.25) is 4.68 Å². The summed E-state index contributed by atoms with van der Waals surface area (Å²) in [5, 5.41) is 13.6.